The topological polar surface area (TPSA) is 402 Å². The highest BCUT2D eigenvalue weighted by Gasteiger charge is 2.76. The number of carbonyl (C=O) groups excluding carboxylic acids is 10. The number of hydrogen-bond acceptors (Lipinski definition) is 20. The van der Waals surface area contributed by atoms with Gasteiger partial charge in [0.05, 0.1) is 108 Å². The van der Waals surface area contributed by atoms with Crippen molar-refractivity contribution in [1.82, 2.24) is 30.7 Å². The number of ether oxygens (including phenoxy) is 8. The summed E-state index contributed by atoms with van der Waals surface area (Å²) in [6.45, 7) is 8.10. The van der Waals surface area contributed by atoms with Crippen molar-refractivity contribution >= 4 is 129 Å². The van der Waals surface area contributed by atoms with E-state index >= 15 is 0 Å². The fraction of sp³-hybridized carbons (Fsp3) is 0.500. The maximum Gasteiger partial charge on any atom is 0.524 e. The van der Waals surface area contributed by atoms with Crippen LogP contribution in [0.5, 0.6) is 11.5 Å². The van der Waals surface area contributed by atoms with Gasteiger partial charge in [-0.05, 0) is 77.6 Å². The maximum atomic E-state index is 15.0. The summed E-state index contributed by atoms with van der Waals surface area (Å²) in [5.74, 6) is -3.09. The van der Waals surface area contributed by atoms with Gasteiger partial charge in [0.1, 0.15) is 30.2 Å². The molecule has 0 radical (unpaired) electrons. The molecule has 5 aromatic carbocycles. The van der Waals surface area contributed by atoms with Crippen LogP contribution in [-0.4, -0.2) is 240 Å². The van der Waals surface area contributed by atoms with E-state index in [4.69, 9.17) is 71.4 Å². The fourth-order valence-corrected chi connectivity index (χ4v) is 15.9. The predicted octanol–water partition coefficient (Wildman–Crippen LogP) is 6.55. The maximum absolute atomic E-state index is 15.0. The van der Waals surface area contributed by atoms with Gasteiger partial charge in [-0.25, -0.2) is 18.9 Å². The van der Waals surface area contributed by atoms with E-state index in [0.717, 1.165) is 21.4 Å². The summed E-state index contributed by atoms with van der Waals surface area (Å²) in [6, 6.07) is 21.3. The summed E-state index contributed by atoms with van der Waals surface area (Å²) >= 11 is 13.2. The predicted molar refractivity (Wildman–Crippen MR) is 406 cm³/mol. The summed E-state index contributed by atoms with van der Waals surface area (Å²) in [5.41, 5.74) is 7.14. The minimum atomic E-state index is -4.99. The van der Waals surface area contributed by atoms with Gasteiger partial charge in [0.2, 0.25) is 29.5 Å². The molecule has 0 aromatic heterocycles. The first-order valence-electron chi connectivity index (χ1n) is 36.9. The Morgan fingerprint density at radius 1 is 0.604 bits per heavy atom. The third-order valence-corrected chi connectivity index (χ3v) is 21.6. The number of urea groups is 1. The molecule has 2 bridgehead atoms. The summed E-state index contributed by atoms with van der Waals surface area (Å²) in [7, 11) is -4.99. The fourth-order valence-electron chi connectivity index (χ4n) is 14.9. The summed E-state index contributed by atoms with van der Waals surface area (Å²) < 4.78 is 62.1. The molecule has 7 aliphatic rings. The van der Waals surface area contributed by atoms with Gasteiger partial charge in [-0.15, -0.1) is 23.2 Å². The molecule has 5 aromatic rings. The standard InChI is InChI=1S/C76H93Cl2N10O22P/c1-48(2)67(83-62(89)19-26-102-28-30-104-32-34-106-36-37-107-35-33-105-31-29-103-27-25-86-63(90)17-18-64(86)91)69(93)82-57(12-7-20-80-72(79)96)68(92)81-52-15-13-49(14-16-52)44-108-73(97)84-21-23-85(24-22-84)74(98)109-60-38-58-65(55-10-5-3-8-53(55)60)50(40-77)42-87(58)70(94)75-45-76(46-75,47-75)71(95)88-43-51(41-78)66-56-11-6-4-9-54(56)61(39-59(66)88)110-111(99,100)101/h3-6,8-11,13-18,38-39,48,50-51,57,67H,7,12,19-37,40-47H2,1-2H3,(H,81,92)(H,82,93)(H,83,89)(H3,79,80,96)(H2,99,100,101)/t50-,51-,57+,67+,75?,76?/m1/s1. The Hall–Kier alpha value is -9.05. The van der Waals surface area contributed by atoms with Crippen molar-refractivity contribution in [3.8, 4) is 11.5 Å². The van der Waals surface area contributed by atoms with Crippen molar-refractivity contribution in [3.05, 3.63) is 114 Å². The van der Waals surface area contributed by atoms with E-state index in [2.05, 4.69) is 21.3 Å². The van der Waals surface area contributed by atoms with E-state index in [-0.39, 0.29) is 189 Å². The lowest BCUT2D eigenvalue weighted by molar-refractivity contribution is -0.205. The average Bonchev–Trinajstić information content (AvgIpc) is 1.55. The highest BCUT2D eigenvalue weighted by atomic mass is 35.5. The molecule has 4 heterocycles. The number of amides is 11. The Kier molecular flexibility index (Phi) is 28.4. The van der Waals surface area contributed by atoms with Gasteiger partial charge in [-0.2, -0.15) is 0 Å². The molecule has 3 aliphatic carbocycles. The highest BCUT2D eigenvalue weighted by Crippen LogP contribution is 2.75. The number of hydrogen-bond donors (Lipinski definition) is 7. The molecule has 4 aliphatic heterocycles. The minimum absolute atomic E-state index is 0.0515. The summed E-state index contributed by atoms with van der Waals surface area (Å²) in [4.78, 5) is 160. The zero-order chi connectivity index (χ0) is 79.0. The number of alkyl halides is 2. The van der Waals surface area contributed by atoms with Crippen molar-refractivity contribution in [2.45, 2.75) is 82.9 Å². The number of primary amides is 1. The third kappa shape index (κ3) is 20.4. The van der Waals surface area contributed by atoms with Crippen LogP contribution < -0.4 is 46.1 Å². The number of piperazine rings is 1. The number of carbonyl (C=O) groups is 10. The second-order valence-corrected chi connectivity index (χ2v) is 30.1. The number of halogens is 2. The van der Waals surface area contributed by atoms with Crippen LogP contribution in [0.15, 0.2) is 97.1 Å². The number of nitrogens with zero attached hydrogens (tertiary/aromatic N) is 5. The number of phosphoric ester groups is 1. The Balaban J connectivity index is 0.590. The zero-order valence-electron chi connectivity index (χ0n) is 61.7. The molecule has 12 rings (SSSR count). The van der Waals surface area contributed by atoms with Crippen LogP contribution in [0.25, 0.3) is 21.5 Å². The molecule has 0 unspecified atom stereocenters. The molecule has 3 saturated carbocycles. The first kappa shape index (κ1) is 82.9. The van der Waals surface area contributed by atoms with Crippen molar-refractivity contribution in [3.63, 3.8) is 0 Å². The molecule has 1 saturated heterocycles. The van der Waals surface area contributed by atoms with Crippen LogP contribution in [0, 0.1) is 16.7 Å². The quantitative estimate of drug-likeness (QED) is 0.00945. The molecule has 32 nitrogen and oxygen atoms in total. The van der Waals surface area contributed by atoms with Gasteiger partial charge in [0.15, 0.2) is 0 Å². The lowest BCUT2D eigenvalue weighted by Crippen LogP contribution is -2.73. The van der Waals surface area contributed by atoms with Crippen molar-refractivity contribution in [1.29, 1.82) is 0 Å². The van der Waals surface area contributed by atoms with Gasteiger partial charge in [-0.1, -0.05) is 74.5 Å². The second kappa shape index (κ2) is 38.0. The van der Waals surface area contributed by atoms with Crippen LogP contribution in [0.2, 0.25) is 0 Å². The van der Waals surface area contributed by atoms with Crippen molar-refractivity contribution < 1.29 is 105 Å². The lowest BCUT2D eigenvalue weighted by Gasteiger charge is -2.69. The molecular weight excluding hydrogens is 1510 g/mol. The number of anilines is 3. The number of rotatable bonds is 40. The van der Waals surface area contributed by atoms with E-state index in [0.29, 0.717) is 91.6 Å². The first-order chi connectivity index (χ1) is 53.4. The molecule has 0 spiro atoms. The van der Waals surface area contributed by atoms with Crippen molar-refractivity contribution in [2.75, 3.05) is 159 Å². The van der Waals surface area contributed by atoms with Crippen molar-refractivity contribution in [2.24, 2.45) is 22.5 Å². The number of benzene rings is 5. The summed E-state index contributed by atoms with van der Waals surface area (Å²) in [6.07, 6.45) is 2.31. The normalized spacial score (nSPS) is 19.5. The molecule has 11 amide bonds. The van der Waals surface area contributed by atoms with Gasteiger partial charge in [0, 0.05) is 117 Å². The highest BCUT2D eigenvalue weighted by molar-refractivity contribution is 7.46. The molecule has 4 fully saturated rings. The zero-order valence-corrected chi connectivity index (χ0v) is 64.1. The lowest BCUT2D eigenvalue weighted by atomic mass is 9.34. The molecule has 8 N–H and O–H groups in total. The molecule has 4 atom stereocenters. The monoisotopic (exact) mass is 1600 g/mol. The van der Waals surface area contributed by atoms with Crippen LogP contribution in [0.3, 0.4) is 0 Å². The SMILES string of the molecule is CC(C)[C@H](NC(=O)CCOCCOCCOCCOCCOCCOCCN1C(=O)C=CC1=O)C(=O)N[C@@H](CCCNC(N)=O)C(=O)Nc1ccc(COC(=O)N2CCN(C(=O)Oc3cc4c(c5ccccc35)[C@H](CCl)CN4C(=O)C34CC(C(=O)N5C[C@@H](CCl)c6c5cc(OP(=O)(O)O)c5ccccc65)(C3)C4)CC2)cc1. The third-order valence-electron chi connectivity index (χ3n) is 20.4. The number of fused-ring (bicyclic) bond motifs is 6. The van der Waals surface area contributed by atoms with Crippen LogP contribution >= 0.6 is 31.0 Å². The number of nitrogens with two attached hydrogens (primary N) is 1. The Morgan fingerprint density at radius 3 is 1.56 bits per heavy atom. The number of imide groups is 1. The second-order valence-electron chi connectivity index (χ2n) is 28.4. The van der Waals surface area contributed by atoms with Crippen LogP contribution in [-0.2, 0) is 77.9 Å². The van der Waals surface area contributed by atoms with E-state index in [1.54, 1.807) is 72.2 Å². The summed E-state index contributed by atoms with van der Waals surface area (Å²) in [5, 5.41) is 13.3. The largest absolute Gasteiger partial charge is 0.524 e. The first-order valence-corrected chi connectivity index (χ1v) is 39.5. The molecule has 35 heteroatoms. The van der Waals surface area contributed by atoms with Gasteiger partial charge >= 0.3 is 26.0 Å². The van der Waals surface area contributed by atoms with Gasteiger partial charge in [-0.3, -0.25) is 48.2 Å². The molecule has 111 heavy (non-hydrogen) atoms. The van der Waals surface area contributed by atoms with E-state index in [9.17, 15) is 62.3 Å². The number of nitrogens with one attached hydrogen (secondary N) is 4. The molecule has 598 valence electrons. The average molecular weight is 1600 g/mol. The van der Waals surface area contributed by atoms with Gasteiger partial charge < -0.3 is 89.0 Å². The Labute approximate surface area is 650 Å². The van der Waals surface area contributed by atoms with Crippen LogP contribution in [0.1, 0.15) is 80.9 Å². The van der Waals surface area contributed by atoms with Crippen LogP contribution in [0.4, 0.5) is 31.4 Å². The van der Waals surface area contributed by atoms with E-state index < -0.39 is 66.7 Å². The van der Waals surface area contributed by atoms with E-state index in [1.165, 1.54) is 28.0 Å². The molecular formula is C76H93Cl2N10O22P. The Bertz CT molecular complexity index is 4290. The Morgan fingerprint density at radius 2 is 1.07 bits per heavy atom. The van der Waals surface area contributed by atoms with Gasteiger partial charge in [0.25, 0.3) is 11.8 Å². The minimum Gasteiger partial charge on any atom is -0.445 e. The van der Waals surface area contributed by atoms with E-state index in [1.807, 2.05) is 30.3 Å². The number of phosphoric acid groups is 1. The smallest absolute Gasteiger partial charge is 0.445 e.